The predicted molar refractivity (Wildman–Crippen MR) is 82.3 cm³/mol. The van der Waals surface area contributed by atoms with Gasteiger partial charge in [-0.25, -0.2) is 9.59 Å². The molecule has 2 aromatic rings. The maximum Gasteiger partial charge on any atom is 0.413 e. The lowest BCUT2D eigenvalue weighted by Crippen LogP contribution is -2.38. The van der Waals surface area contributed by atoms with Gasteiger partial charge in [-0.3, -0.25) is 0 Å². The molecule has 7 heteroatoms. The molecule has 1 aromatic carbocycles. The number of furan rings is 1. The normalized spacial score (nSPS) is 14.6. The van der Waals surface area contributed by atoms with E-state index in [1.165, 1.54) is 24.6 Å². The van der Waals surface area contributed by atoms with Gasteiger partial charge >= 0.3 is 12.1 Å². The molecule has 0 bridgehead atoms. The van der Waals surface area contributed by atoms with Crippen LogP contribution in [-0.4, -0.2) is 34.9 Å². The fraction of sp³-hybridized carbons (Fsp3) is 0.294. The number of esters is 1. The maximum absolute atomic E-state index is 12.2. The van der Waals surface area contributed by atoms with Crippen molar-refractivity contribution < 1.29 is 28.6 Å². The van der Waals surface area contributed by atoms with Gasteiger partial charge in [-0.15, -0.1) is 0 Å². The summed E-state index contributed by atoms with van der Waals surface area (Å²) < 4.78 is 14.8. The summed E-state index contributed by atoms with van der Waals surface area (Å²) >= 11 is 0. The third-order valence-electron chi connectivity index (χ3n) is 3.72. The summed E-state index contributed by atoms with van der Waals surface area (Å²) in [5.41, 5.74) is 2.30. The van der Waals surface area contributed by atoms with Crippen LogP contribution in [0.4, 0.5) is 4.79 Å². The van der Waals surface area contributed by atoms with E-state index >= 15 is 0 Å². The molecule has 24 heavy (non-hydrogen) atoms. The molecule has 1 aliphatic heterocycles. The first-order valence-corrected chi connectivity index (χ1v) is 7.55. The number of hydrogen-bond acceptors (Lipinski definition) is 6. The number of aromatic hydroxyl groups is 1. The Labute approximate surface area is 138 Å². The minimum Gasteiger partial charge on any atom is -0.481 e. The van der Waals surface area contributed by atoms with Crippen LogP contribution in [0.2, 0.25) is 0 Å². The zero-order valence-electron chi connectivity index (χ0n) is 13.1. The van der Waals surface area contributed by atoms with E-state index in [9.17, 15) is 9.59 Å². The number of rotatable bonds is 3. The first-order chi connectivity index (χ1) is 11.5. The van der Waals surface area contributed by atoms with E-state index in [-0.39, 0.29) is 5.76 Å². The maximum atomic E-state index is 12.2. The molecule has 1 aromatic heterocycles. The highest BCUT2D eigenvalue weighted by Crippen LogP contribution is 2.20. The molecular weight excluding hydrogens is 314 g/mol. The van der Waals surface area contributed by atoms with Gasteiger partial charge in [0.05, 0.1) is 0 Å². The largest absolute Gasteiger partial charge is 0.481 e. The van der Waals surface area contributed by atoms with Crippen molar-refractivity contribution in [3.8, 4) is 5.95 Å². The number of amides is 1. The first-order valence-electron chi connectivity index (χ1n) is 7.55. The predicted octanol–water partition coefficient (Wildman–Crippen LogP) is 2.68. The van der Waals surface area contributed by atoms with E-state index in [0.717, 1.165) is 12.0 Å². The molecular formula is C17H17NO6. The quantitative estimate of drug-likeness (QED) is 0.687. The van der Waals surface area contributed by atoms with Crippen LogP contribution in [0.25, 0.3) is 0 Å². The van der Waals surface area contributed by atoms with Crippen molar-refractivity contribution in [2.75, 3.05) is 6.54 Å². The van der Waals surface area contributed by atoms with Gasteiger partial charge < -0.3 is 23.9 Å². The molecule has 0 saturated carbocycles. The molecule has 1 atom stereocenters. The third kappa shape index (κ3) is 3.51. The van der Waals surface area contributed by atoms with Crippen molar-refractivity contribution in [2.45, 2.75) is 26.2 Å². The molecule has 0 aliphatic carbocycles. The molecule has 2 heterocycles. The van der Waals surface area contributed by atoms with Gasteiger partial charge in [-0.1, -0.05) is 24.3 Å². The monoisotopic (exact) mass is 331 g/mol. The average Bonchev–Trinajstić information content (AvgIpc) is 3.01. The van der Waals surface area contributed by atoms with Crippen molar-refractivity contribution >= 4 is 12.1 Å². The highest BCUT2D eigenvalue weighted by Gasteiger charge is 2.25. The molecule has 0 spiro atoms. The summed E-state index contributed by atoms with van der Waals surface area (Å²) in [5, 5.41) is 9.07. The van der Waals surface area contributed by atoms with Gasteiger partial charge in [0.25, 0.3) is 5.95 Å². The lowest BCUT2D eigenvalue weighted by molar-refractivity contribution is -0.0718. The molecule has 1 N–H and O–H groups in total. The summed E-state index contributed by atoms with van der Waals surface area (Å²) in [6.07, 6.45) is -0.869. The number of hydrogen-bond donors (Lipinski definition) is 1. The van der Waals surface area contributed by atoms with E-state index < -0.39 is 24.3 Å². The van der Waals surface area contributed by atoms with E-state index in [2.05, 4.69) is 0 Å². The first kappa shape index (κ1) is 15.9. The van der Waals surface area contributed by atoms with Crippen LogP contribution in [0.15, 0.2) is 40.8 Å². The van der Waals surface area contributed by atoms with Gasteiger partial charge in [0.1, 0.15) is 0 Å². The average molecular weight is 331 g/mol. The molecule has 0 saturated heterocycles. The summed E-state index contributed by atoms with van der Waals surface area (Å²) in [4.78, 5) is 25.5. The van der Waals surface area contributed by atoms with E-state index in [0.29, 0.717) is 13.1 Å². The van der Waals surface area contributed by atoms with Crippen LogP contribution in [0, 0.1) is 0 Å². The molecule has 0 fully saturated rings. The lowest BCUT2D eigenvalue weighted by Gasteiger charge is -2.29. The van der Waals surface area contributed by atoms with Crippen LogP contribution in [-0.2, 0) is 22.4 Å². The number of nitrogens with zero attached hydrogens (tertiary/aromatic N) is 1. The van der Waals surface area contributed by atoms with Gasteiger partial charge in [0.15, 0.2) is 0 Å². The fourth-order valence-electron chi connectivity index (χ4n) is 2.54. The zero-order valence-corrected chi connectivity index (χ0v) is 13.1. The molecule has 1 aliphatic rings. The summed E-state index contributed by atoms with van der Waals surface area (Å²) in [6.45, 7) is 2.45. The second-order valence-corrected chi connectivity index (χ2v) is 5.43. The number of ether oxygens (including phenoxy) is 2. The Hall–Kier alpha value is -2.96. The van der Waals surface area contributed by atoms with Crippen LogP contribution in [0.3, 0.4) is 0 Å². The van der Waals surface area contributed by atoms with Crippen LogP contribution >= 0.6 is 0 Å². The Kier molecular flexibility index (Phi) is 4.41. The van der Waals surface area contributed by atoms with Crippen molar-refractivity contribution in [1.82, 2.24) is 4.90 Å². The Morgan fingerprint density at radius 1 is 1.17 bits per heavy atom. The Bertz CT molecular complexity index is 753. The molecule has 0 radical (unpaired) electrons. The van der Waals surface area contributed by atoms with Crippen LogP contribution < -0.4 is 0 Å². The number of carbonyl (C=O) groups is 2. The topological polar surface area (TPSA) is 89.2 Å². The fourth-order valence-corrected chi connectivity index (χ4v) is 2.54. The lowest BCUT2D eigenvalue weighted by atomic mass is 10.0. The Morgan fingerprint density at radius 2 is 1.92 bits per heavy atom. The SMILES string of the molecule is CC(OC(=O)c1ccc(O)o1)OC(=O)N1CCc2ccccc2C1. The van der Waals surface area contributed by atoms with Crippen molar-refractivity contribution in [1.29, 1.82) is 0 Å². The molecule has 7 nitrogen and oxygen atoms in total. The number of benzene rings is 1. The highest BCUT2D eigenvalue weighted by molar-refractivity contribution is 5.86. The minimum atomic E-state index is -1.07. The Morgan fingerprint density at radius 3 is 2.62 bits per heavy atom. The molecule has 126 valence electrons. The highest BCUT2D eigenvalue weighted by atomic mass is 16.7. The van der Waals surface area contributed by atoms with Crippen molar-refractivity contribution in [2.24, 2.45) is 0 Å². The van der Waals surface area contributed by atoms with Crippen molar-refractivity contribution in [3.05, 3.63) is 53.3 Å². The smallest absolute Gasteiger partial charge is 0.413 e. The van der Waals surface area contributed by atoms with Gasteiger partial charge in [-0.05, 0) is 23.6 Å². The number of fused-ring (bicyclic) bond motifs is 1. The zero-order chi connectivity index (χ0) is 17.1. The third-order valence-corrected chi connectivity index (χ3v) is 3.72. The summed E-state index contributed by atoms with van der Waals surface area (Å²) in [5.74, 6) is -1.37. The van der Waals surface area contributed by atoms with E-state index in [4.69, 9.17) is 19.0 Å². The molecule has 1 amide bonds. The molecule has 1 unspecified atom stereocenters. The van der Waals surface area contributed by atoms with Crippen molar-refractivity contribution in [3.63, 3.8) is 0 Å². The second-order valence-electron chi connectivity index (χ2n) is 5.43. The summed E-state index contributed by atoms with van der Waals surface area (Å²) in [6, 6.07) is 10.4. The molecule has 3 rings (SSSR count). The van der Waals surface area contributed by atoms with E-state index in [1.807, 2.05) is 24.3 Å². The summed E-state index contributed by atoms with van der Waals surface area (Å²) in [7, 11) is 0. The standard InChI is InChI=1S/C17H17NO6/c1-11(22-16(20)14-6-7-15(19)24-14)23-17(21)18-9-8-12-4-2-3-5-13(12)10-18/h2-7,11,19H,8-10H2,1H3. The van der Waals surface area contributed by atoms with Crippen LogP contribution in [0.1, 0.15) is 28.6 Å². The van der Waals surface area contributed by atoms with Gasteiger partial charge in [0.2, 0.25) is 12.1 Å². The van der Waals surface area contributed by atoms with Gasteiger partial charge in [0, 0.05) is 26.1 Å². The number of carbonyl (C=O) groups excluding carboxylic acids is 2. The van der Waals surface area contributed by atoms with Crippen LogP contribution in [0.5, 0.6) is 5.95 Å². The minimum absolute atomic E-state index is 0.165. The second kappa shape index (κ2) is 6.66. The van der Waals surface area contributed by atoms with E-state index in [1.54, 1.807) is 4.90 Å². The van der Waals surface area contributed by atoms with Gasteiger partial charge in [-0.2, -0.15) is 0 Å². The Balaban J connectivity index is 1.54.